The van der Waals surface area contributed by atoms with Gasteiger partial charge in [-0.3, -0.25) is 0 Å². The van der Waals surface area contributed by atoms with Crippen LogP contribution in [0.5, 0.6) is 5.75 Å². The van der Waals surface area contributed by atoms with Crippen molar-refractivity contribution in [2.24, 2.45) is 0 Å². The van der Waals surface area contributed by atoms with Gasteiger partial charge in [0.15, 0.2) is 6.61 Å². The summed E-state index contributed by atoms with van der Waals surface area (Å²) < 4.78 is 15.5. The van der Waals surface area contributed by atoms with E-state index < -0.39 is 5.97 Å². The van der Waals surface area contributed by atoms with Crippen LogP contribution in [0, 0.1) is 0 Å². The highest BCUT2D eigenvalue weighted by atomic mass is 35.5. The lowest BCUT2D eigenvalue weighted by atomic mass is 10.1. The van der Waals surface area contributed by atoms with E-state index in [9.17, 15) is 9.59 Å². The van der Waals surface area contributed by atoms with Crippen LogP contribution >= 0.6 is 11.6 Å². The minimum atomic E-state index is -0.478. The molecule has 0 aliphatic heterocycles. The predicted molar refractivity (Wildman–Crippen MR) is 81.6 cm³/mol. The van der Waals surface area contributed by atoms with E-state index in [0.717, 1.165) is 35.8 Å². The first kappa shape index (κ1) is 14.9. The molecular formula is C16H15ClO5. The Morgan fingerprint density at radius 1 is 1.32 bits per heavy atom. The minimum Gasteiger partial charge on any atom is -0.480 e. The number of carbonyl (C=O) groups is 1. The molecule has 1 aliphatic carbocycles. The number of carbonyl (C=O) groups excluding carboxylic acids is 1. The molecule has 1 aromatic carbocycles. The van der Waals surface area contributed by atoms with Gasteiger partial charge in [0.1, 0.15) is 11.3 Å². The second-order valence-corrected chi connectivity index (χ2v) is 5.48. The maximum absolute atomic E-state index is 12.0. The number of fused-ring (bicyclic) bond motifs is 3. The lowest BCUT2D eigenvalue weighted by Gasteiger charge is -2.10. The Morgan fingerprint density at radius 2 is 2.09 bits per heavy atom. The molecule has 0 atom stereocenters. The van der Waals surface area contributed by atoms with E-state index in [-0.39, 0.29) is 18.8 Å². The fourth-order valence-electron chi connectivity index (χ4n) is 2.73. The quantitative estimate of drug-likeness (QED) is 0.639. The van der Waals surface area contributed by atoms with Gasteiger partial charge >= 0.3 is 11.6 Å². The van der Waals surface area contributed by atoms with Gasteiger partial charge in [0.05, 0.1) is 11.6 Å². The number of halogens is 1. The molecule has 1 aromatic heterocycles. The van der Waals surface area contributed by atoms with Crippen LogP contribution in [-0.2, 0) is 22.4 Å². The summed E-state index contributed by atoms with van der Waals surface area (Å²) in [5.41, 5.74) is 1.86. The number of aryl methyl sites for hydroxylation is 1. The van der Waals surface area contributed by atoms with Crippen LogP contribution in [0.3, 0.4) is 0 Å². The zero-order valence-electron chi connectivity index (χ0n) is 12.1. The molecule has 1 aliphatic rings. The summed E-state index contributed by atoms with van der Waals surface area (Å²) in [5.74, 6) is -0.183. The molecule has 3 rings (SSSR count). The van der Waals surface area contributed by atoms with Crippen LogP contribution in [0.15, 0.2) is 21.3 Å². The van der Waals surface area contributed by atoms with Gasteiger partial charge in [-0.2, -0.15) is 0 Å². The third-order valence-electron chi connectivity index (χ3n) is 3.68. The Balaban J connectivity index is 1.97. The Kier molecular flexibility index (Phi) is 4.07. The summed E-state index contributed by atoms with van der Waals surface area (Å²) in [7, 11) is 0. The van der Waals surface area contributed by atoms with Crippen LogP contribution in [0.1, 0.15) is 24.5 Å². The number of benzene rings is 1. The van der Waals surface area contributed by atoms with E-state index >= 15 is 0 Å². The number of ether oxygens (including phenoxy) is 2. The highest BCUT2D eigenvalue weighted by Crippen LogP contribution is 2.34. The summed E-state index contributed by atoms with van der Waals surface area (Å²) in [5, 5.41) is 1.21. The van der Waals surface area contributed by atoms with Crippen molar-refractivity contribution in [3.63, 3.8) is 0 Å². The standard InChI is InChI=1S/C16H15ClO5/c1-2-20-15(18)8-21-14-7-13-11(6-12(14)17)9-4-3-5-10(9)16(19)22-13/h6-7H,2-5,8H2,1H3. The SMILES string of the molecule is CCOC(=O)COc1cc2oc(=O)c3c(c2cc1Cl)CCC3. The van der Waals surface area contributed by atoms with Gasteiger partial charge in [-0.05, 0) is 37.8 Å². The Hall–Kier alpha value is -2.01. The molecule has 0 saturated heterocycles. The second-order valence-electron chi connectivity index (χ2n) is 5.07. The van der Waals surface area contributed by atoms with E-state index in [0.29, 0.717) is 16.4 Å². The summed E-state index contributed by atoms with van der Waals surface area (Å²) in [4.78, 5) is 23.3. The van der Waals surface area contributed by atoms with Crippen LogP contribution in [0.4, 0.5) is 0 Å². The molecule has 1 heterocycles. The van der Waals surface area contributed by atoms with Crippen LogP contribution in [0.25, 0.3) is 11.0 Å². The monoisotopic (exact) mass is 322 g/mol. The lowest BCUT2D eigenvalue weighted by molar-refractivity contribution is -0.145. The van der Waals surface area contributed by atoms with Crippen molar-refractivity contribution in [2.45, 2.75) is 26.2 Å². The van der Waals surface area contributed by atoms with Gasteiger partial charge in [-0.25, -0.2) is 9.59 Å². The molecule has 0 saturated carbocycles. The lowest BCUT2D eigenvalue weighted by Crippen LogP contribution is -2.14. The highest BCUT2D eigenvalue weighted by Gasteiger charge is 2.21. The van der Waals surface area contributed by atoms with Gasteiger partial charge in [0, 0.05) is 17.0 Å². The summed E-state index contributed by atoms with van der Waals surface area (Å²) in [6.07, 6.45) is 2.53. The number of hydrogen-bond acceptors (Lipinski definition) is 5. The van der Waals surface area contributed by atoms with Crippen molar-refractivity contribution in [1.29, 1.82) is 0 Å². The molecule has 2 aromatic rings. The minimum absolute atomic E-state index is 0.242. The van der Waals surface area contributed by atoms with E-state index in [1.807, 2.05) is 0 Å². The molecule has 0 unspecified atom stereocenters. The summed E-state index contributed by atoms with van der Waals surface area (Å²) in [6.45, 7) is 1.76. The first-order chi connectivity index (χ1) is 10.6. The highest BCUT2D eigenvalue weighted by molar-refractivity contribution is 6.32. The average molecular weight is 323 g/mol. The molecule has 0 spiro atoms. The van der Waals surface area contributed by atoms with Crippen LogP contribution in [-0.4, -0.2) is 19.2 Å². The van der Waals surface area contributed by atoms with Crippen molar-refractivity contribution in [2.75, 3.05) is 13.2 Å². The molecule has 5 nitrogen and oxygen atoms in total. The molecule has 0 amide bonds. The molecule has 116 valence electrons. The van der Waals surface area contributed by atoms with Crippen LogP contribution < -0.4 is 10.4 Å². The van der Waals surface area contributed by atoms with Crippen molar-refractivity contribution >= 4 is 28.5 Å². The fraction of sp³-hybridized carbons (Fsp3) is 0.375. The molecular weight excluding hydrogens is 308 g/mol. The number of esters is 1. The van der Waals surface area contributed by atoms with Crippen molar-refractivity contribution in [1.82, 2.24) is 0 Å². The van der Waals surface area contributed by atoms with Gasteiger partial charge in [-0.1, -0.05) is 11.6 Å². The van der Waals surface area contributed by atoms with Gasteiger partial charge in [0.25, 0.3) is 0 Å². The largest absolute Gasteiger partial charge is 0.480 e. The first-order valence-electron chi connectivity index (χ1n) is 7.16. The number of hydrogen-bond donors (Lipinski definition) is 0. The third-order valence-corrected chi connectivity index (χ3v) is 3.97. The van der Waals surface area contributed by atoms with E-state index in [1.54, 1.807) is 19.1 Å². The van der Waals surface area contributed by atoms with Gasteiger partial charge < -0.3 is 13.9 Å². The third kappa shape index (κ3) is 2.68. The molecule has 0 radical (unpaired) electrons. The summed E-state index contributed by atoms with van der Waals surface area (Å²) >= 11 is 6.21. The van der Waals surface area contributed by atoms with E-state index in [4.69, 9.17) is 25.5 Å². The zero-order valence-corrected chi connectivity index (χ0v) is 12.9. The predicted octanol–water partition coefficient (Wildman–Crippen LogP) is 2.88. The molecule has 0 bridgehead atoms. The number of rotatable bonds is 4. The first-order valence-corrected chi connectivity index (χ1v) is 7.54. The topological polar surface area (TPSA) is 65.7 Å². The molecule has 6 heteroatoms. The fourth-order valence-corrected chi connectivity index (χ4v) is 2.95. The summed E-state index contributed by atoms with van der Waals surface area (Å²) in [6, 6.07) is 3.28. The Bertz CT molecular complexity index is 793. The smallest absolute Gasteiger partial charge is 0.344 e. The Labute approximate surface area is 131 Å². The molecule has 22 heavy (non-hydrogen) atoms. The van der Waals surface area contributed by atoms with E-state index in [2.05, 4.69) is 0 Å². The average Bonchev–Trinajstić information content (AvgIpc) is 2.97. The normalized spacial score (nSPS) is 13.2. The van der Waals surface area contributed by atoms with Crippen molar-refractivity contribution in [3.05, 3.63) is 38.7 Å². The zero-order chi connectivity index (χ0) is 15.7. The maximum Gasteiger partial charge on any atom is 0.344 e. The maximum atomic E-state index is 12.0. The van der Waals surface area contributed by atoms with Gasteiger partial charge in [0.2, 0.25) is 0 Å². The van der Waals surface area contributed by atoms with E-state index in [1.165, 1.54) is 0 Å². The molecule has 0 fully saturated rings. The van der Waals surface area contributed by atoms with Crippen LogP contribution in [0.2, 0.25) is 5.02 Å². The van der Waals surface area contributed by atoms with Crippen molar-refractivity contribution in [3.8, 4) is 5.75 Å². The van der Waals surface area contributed by atoms with Gasteiger partial charge in [-0.15, -0.1) is 0 Å². The van der Waals surface area contributed by atoms with Crippen molar-refractivity contribution < 1.29 is 18.7 Å². The second kappa shape index (κ2) is 6.01. The molecule has 0 N–H and O–H groups in total. The Morgan fingerprint density at radius 3 is 2.86 bits per heavy atom.